The molecule has 6 heteroatoms. The largest absolute Gasteiger partial charge is 0.365 e. The Morgan fingerprint density at radius 3 is 1.79 bits per heavy atom. The van der Waals surface area contributed by atoms with Crippen LogP contribution in [0.3, 0.4) is 0 Å². The van der Waals surface area contributed by atoms with Gasteiger partial charge in [-0.3, -0.25) is 0 Å². The Morgan fingerprint density at radius 2 is 1.43 bits per heavy atom. The molecule has 0 spiro atoms. The fraction of sp³-hybridized carbons (Fsp3) is 0.818. The first-order valence-corrected chi connectivity index (χ1v) is 11.1. The summed E-state index contributed by atoms with van der Waals surface area (Å²) < 4.78 is 0. The first-order valence-electron chi connectivity index (χ1n) is 11.1. The molecule has 0 unspecified atom stereocenters. The standard InChI is InChI=1S/C22H36N6/c1-19-8-4-10-25(19)12-6-14-27-16-17-28(22(27)21(18-23)24-3)15-7-13-26-11-5-9-20(26)2/h19-20H,4-17H2,1-2H3/t19-,20+. The maximum atomic E-state index is 9.50. The van der Waals surface area contributed by atoms with E-state index < -0.39 is 0 Å². The topological polar surface area (TPSA) is 41.1 Å². The Hall–Kier alpha value is -1.76. The molecule has 0 radical (unpaired) electrons. The zero-order valence-corrected chi connectivity index (χ0v) is 17.7. The minimum absolute atomic E-state index is 0.265. The molecule has 3 rings (SSSR count). The van der Waals surface area contributed by atoms with Gasteiger partial charge in [0.05, 0.1) is 12.6 Å². The summed E-state index contributed by atoms with van der Waals surface area (Å²) in [6, 6.07) is 3.56. The summed E-state index contributed by atoms with van der Waals surface area (Å²) in [7, 11) is 0. The number of nitrogens with zero attached hydrogens (tertiary/aromatic N) is 6. The number of hydrogen-bond donors (Lipinski definition) is 0. The molecule has 0 aromatic rings. The second-order valence-electron chi connectivity index (χ2n) is 8.63. The highest BCUT2D eigenvalue weighted by atomic mass is 15.4. The van der Waals surface area contributed by atoms with Crippen LogP contribution in [0.2, 0.25) is 0 Å². The lowest BCUT2D eigenvalue weighted by Gasteiger charge is -2.28. The molecule has 3 saturated heterocycles. The molecule has 2 atom stereocenters. The van der Waals surface area contributed by atoms with Crippen LogP contribution in [0.15, 0.2) is 11.5 Å². The van der Waals surface area contributed by atoms with E-state index in [0.29, 0.717) is 12.1 Å². The third-order valence-corrected chi connectivity index (χ3v) is 6.80. The van der Waals surface area contributed by atoms with Gasteiger partial charge in [0.25, 0.3) is 0 Å². The average molecular weight is 385 g/mol. The van der Waals surface area contributed by atoms with Crippen molar-refractivity contribution >= 4 is 0 Å². The molecule has 28 heavy (non-hydrogen) atoms. The maximum Gasteiger partial charge on any atom is 0.300 e. The minimum atomic E-state index is 0.265. The summed E-state index contributed by atoms with van der Waals surface area (Å²) >= 11 is 0. The van der Waals surface area contributed by atoms with Crippen molar-refractivity contribution in [3.8, 4) is 6.07 Å². The fourth-order valence-electron chi connectivity index (χ4n) is 5.09. The molecule has 0 amide bonds. The molecule has 0 aromatic heterocycles. The second kappa shape index (κ2) is 10.1. The van der Waals surface area contributed by atoms with E-state index in [0.717, 1.165) is 57.9 Å². The van der Waals surface area contributed by atoms with E-state index in [4.69, 9.17) is 6.57 Å². The van der Waals surface area contributed by atoms with Gasteiger partial charge in [0.2, 0.25) is 0 Å². The van der Waals surface area contributed by atoms with Gasteiger partial charge in [-0.25, -0.2) is 10.1 Å². The van der Waals surface area contributed by atoms with Gasteiger partial charge in [0.1, 0.15) is 5.82 Å². The van der Waals surface area contributed by atoms with E-state index in [9.17, 15) is 5.26 Å². The molecule has 0 saturated carbocycles. The predicted octanol–water partition coefficient (Wildman–Crippen LogP) is 2.96. The Bertz CT molecular complexity index is 578. The van der Waals surface area contributed by atoms with Crippen molar-refractivity contribution in [3.63, 3.8) is 0 Å². The fourth-order valence-corrected chi connectivity index (χ4v) is 5.09. The van der Waals surface area contributed by atoms with Crippen LogP contribution in [0.25, 0.3) is 4.85 Å². The van der Waals surface area contributed by atoms with Crippen LogP contribution in [0, 0.1) is 17.9 Å². The van der Waals surface area contributed by atoms with Crippen molar-refractivity contribution in [2.75, 3.05) is 52.4 Å². The molecule has 3 heterocycles. The molecule has 0 aromatic carbocycles. The van der Waals surface area contributed by atoms with Gasteiger partial charge >= 0.3 is 5.70 Å². The third-order valence-electron chi connectivity index (χ3n) is 6.80. The van der Waals surface area contributed by atoms with Gasteiger partial charge in [0.15, 0.2) is 0 Å². The SMILES string of the molecule is [C-]#[N+]C(C#N)=C1N(CCCN2CCC[C@H]2C)CCN1CCCN1CCC[C@@H]1C. The highest BCUT2D eigenvalue weighted by Gasteiger charge is 2.29. The van der Waals surface area contributed by atoms with Crippen molar-refractivity contribution in [2.24, 2.45) is 0 Å². The van der Waals surface area contributed by atoms with Crippen LogP contribution in [-0.2, 0) is 0 Å². The highest BCUT2D eigenvalue weighted by Crippen LogP contribution is 2.25. The lowest BCUT2D eigenvalue weighted by Crippen LogP contribution is -2.33. The first-order chi connectivity index (χ1) is 13.6. The van der Waals surface area contributed by atoms with Gasteiger partial charge in [-0.2, -0.15) is 0 Å². The number of likely N-dealkylation sites (tertiary alicyclic amines) is 2. The van der Waals surface area contributed by atoms with Gasteiger partial charge in [0, 0.05) is 51.4 Å². The monoisotopic (exact) mass is 384 g/mol. The Morgan fingerprint density at radius 1 is 0.929 bits per heavy atom. The average Bonchev–Trinajstić information content (AvgIpc) is 3.39. The highest BCUT2D eigenvalue weighted by molar-refractivity contribution is 5.33. The number of rotatable bonds is 8. The third kappa shape index (κ3) is 4.99. The number of nitriles is 1. The van der Waals surface area contributed by atoms with E-state index in [-0.39, 0.29) is 5.70 Å². The van der Waals surface area contributed by atoms with Gasteiger partial charge in [-0.15, -0.1) is 0 Å². The molecule has 3 fully saturated rings. The molecule has 3 aliphatic rings. The van der Waals surface area contributed by atoms with E-state index in [2.05, 4.69) is 44.4 Å². The molecule has 0 N–H and O–H groups in total. The van der Waals surface area contributed by atoms with Gasteiger partial charge in [-0.1, -0.05) is 0 Å². The van der Waals surface area contributed by atoms with Crippen LogP contribution in [0.5, 0.6) is 0 Å². The normalized spacial score (nSPS) is 28.0. The minimum Gasteiger partial charge on any atom is -0.365 e. The molecule has 3 aliphatic heterocycles. The van der Waals surface area contributed by atoms with Crippen LogP contribution in [0.1, 0.15) is 52.4 Å². The van der Waals surface area contributed by atoms with E-state index in [1.165, 1.54) is 38.8 Å². The lowest BCUT2D eigenvalue weighted by molar-refractivity contribution is 0.237. The predicted molar refractivity (Wildman–Crippen MR) is 112 cm³/mol. The second-order valence-corrected chi connectivity index (χ2v) is 8.63. The Balaban J connectivity index is 1.53. The van der Waals surface area contributed by atoms with Crippen LogP contribution >= 0.6 is 0 Å². The zero-order valence-electron chi connectivity index (χ0n) is 17.7. The molecule has 0 bridgehead atoms. The van der Waals surface area contributed by atoms with Crippen molar-refractivity contribution < 1.29 is 0 Å². The number of allylic oxidation sites excluding steroid dienone is 1. The molecule has 154 valence electrons. The summed E-state index contributed by atoms with van der Waals surface area (Å²) in [5.41, 5.74) is 0.265. The van der Waals surface area contributed by atoms with E-state index in [1.54, 1.807) is 0 Å². The molecule has 0 aliphatic carbocycles. The van der Waals surface area contributed by atoms with Crippen molar-refractivity contribution in [1.82, 2.24) is 19.6 Å². The summed E-state index contributed by atoms with van der Waals surface area (Å²) in [5.74, 6) is 0.890. The van der Waals surface area contributed by atoms with Crippen LogP contribution in [0.4, 0.5) is 0 Å². The van der Waals surface area contributed by atoms with Crippen LogP contribution in [-0.4, -0.2) is 84.0 Å². The lowest BCUT2D eigenvalue weighted by atomic mass is 10.2. The number of hydrogen-bond acceptors (Lipinski definition) is 5. The van der Waals surface area contributed by atoms with Crippen molar-refractivity contribution in [2.45, 2.75) is 64.5 Å². The van der Waals surface area contributed by atoms with Crippen molar-refractivity contribution in [3.05, 3.63) is 22.9 Å². The van der Waals surface area contributed by atoms with Crippen LogP contribution < -0.4 is 0 Å². The van der Waals surface area contributed by atoms with E-state index in [1.807, 2.05) is 0 Å². The van der Waals surface area contributed by atoms with Gasteiger partial charge in [-0.05, 0) is 65.5 Å². The maximum absolute atomic E-state index is 9.50. The smallest absolute Gasteiger partial charge is 0.300 e. The molecular weight excluding hydrogens is 348 g/mol. The van der Waals surface area contributed by atoms with E-state index >= 15 is 0 Å². The summed E-state index contributed by atoms with van der Waals surface area (Å²) in [6.45, 7) is 20.5. The Kier molecular flexibility index (Phi) is 7.59. The quantitative estimate of drug-likeness (QED) is 0.475. The molecule has 6 nitrogen and oxygen atoms in total. The summed E-state index contributed by atoms with van der Waals surface area (Å²) in [5, 5.41) is 9.50. The summed E-state index contributed by atoms with van der Waals surface area (Å²) in [6.07, 6.45) is 7.46. The Labute approximate surface area is 171 Å². The molecular formula is C22H36N6. The van der Waals surface area contributed by atoms with Gasteiger partial charge < -0.3 is 19.6 Å². The first kappa shape index (κ1) is 21.0. The van der Waals surface area contributed by atoms with Crippen molar-refractivity contribution in [1.29, 1.82) is 5.26 Å². The zero-order chi connectivity index (χ0) is 19.9. The summed E-state index contributed by atoms with van der Waals surface area (Å²) in [4.78, 5) is 13.3.